The Morgan fingerprint density at radius 1 is 0.981 bits per heavy atom. The zero-order valence-electron chi connectivity index (χ0n) is 35.0. The molecule has 12 unspecified atom stereocenters. The molecule has 1 saturated heterocycles. The number of hydrogen-bond acceptors (Lipinski definition) is 12. The topological polar surface area (TPSA) is 138 Å². The molecule has 0 aliphatic carbocycles. The minimum absolute atomic E-state index is 0.0595. The molecule has 0 amide bonds. The van der Waals surface area contributed by atoms with Crippen molar-refractivity contribution in [1.29, 1.82) is 0 Å². The van der Waals surface area contributed by atoms with Crippen LogP contribution in [-0.4, -0.2) is 99.1 Å². The number of cyclic esters (lactones) is 1. The van der Waals surface area contributed by atoms with Gasteiger partial charge in [0.1, 0.15) is 30.5 Å². The van der Waals surface area contributed by atoms with Gasteiger partial charge >= 0.3 is 17.9 Å². The molecule has 0 aromatic rings. The van der Waals surface area contributed by atoms with Crippen LogP contribution in [0.2, 0.25) is 0 Å². The molecule has 12 nitrogen and oxygen atoms in total. The molecule has 0 aromatic heterocycles. The highest BCUT2D eigenvalue weighted by Gasteiger charge is 2.46. The number of carbonyl (C=O) groups is 3. The zero-order chi connectivity index (χ0) is 40.4. The molecule has 2 aliphatic heterocycles. The van der Waals surface area contributed by atoms with Gasteiger partial charge in [-0.1, -0.05) is 52.0 Å². The molecule has 0 aromatic carbocycles. The molecule has 12 atom stereocenters. The number of ether oxygens (including phenoxy) is 9. The maximum atomic E-state index is 13.5. The second-order valence-corrected chi connectivity index (χ2v) is 14.7. The van der Waals surface area contributed by atoms with Gasteiger partial charge in [0.05, 0.1) is 24.7 Å². The number of allylic oxidation sites excluding steroid dienone is 3. The minimum Gasteiger partial charge on any atom is -0.460 e. The summed E-state index contributed by atoms with van der Waals surface area (Å²) in [7, 11) is 0. The highest BCUT2D eigenvalue weighted by molar-refractivity contribution is 5.73. The number of rotatable bonds is 21. The van der Waals surface area contributed by atoms with Crippen LogP contribution in [-0.2, 0) is 57.0 Å². The first-order chi connectivity index (χ1) is 25.6. The van der Waals surface area contributed by atoms with Crippen molar-refractivity contribution in [1.82, 2.24) is 0 Å². The van der Waals surface area contributed by atoms with E-state index in [1.807, 2.05) is 59.8 Å². The summed E-state index contributed by atoms with van der Waals surface area (Å²) in [5, 5.41) is 0. The van der Waals surface area contributed by atoms with Gasteiger partial charge in [-0.3, -0.25) is 9.59 Å². The van der Waals surface area contributed by atoms with Gasteiger partial charge in [-0.2, -0.15) is 0 Å². The third-order valence-corrected chi connectivity index (χ3v) is 9.88. The first-order valence-corrected chi connectivity index (χ1v) is 20.0. The Hall–Kier alpha value is -2.61. The smallest absolute Gasteiger partial charge is 0.332 e. The van der Waals surface area contributed by atoms with Crippen molar-refractivity contribution in [2.45, 2.75) is 170 Å². The fourth-order valence-electron chi connectivity index (χ4n) is 6.95. The minimum atomic E-state index is -1.09. The third-order valence-electron chi connectivity index (χ3n) is 9.88. The summed E-state index contributed by atoms with van der Waals surface area (Å²) in [6.45, 7) is 23.9. The molecule has 0 N–H and O–H groups in total. The first kappa shape index (κ1) is 47.5. The number of epoxide rings is 1. The van der Waals surface area contributed by atoms with Crippen molar-refractivity contribution in [2.75, 3.05) is 26.4 Å². The Balaban J connectivity index is 2.30. The zero-order valence-corrected chi connectivity index (χ0v) is 35.0. The highest BCUT2D eigenvalue weighted by Crippen LogP contribution is 2.38. The largest absolute Gasteiger partial charge is 0.460 e. The third kappa shape index (κ3) is 16.6. The normalized spacial score (nSPS) is 29.6. The molecule has 2 heterocycles. The van der Waals surface area contributed by atoms with Gasteiger partial charge < -0.3 is 42.6 Å². The Kier molecular flexibility index (Phi) is 21.2. The van der Waals surface area contributed by atoms with Crippen LogP contribution in [0.1, 0.15) is 115 Å². The van der Waals surface area contributed by atoms with E-state index >= 15 is 0 Å². The van der Waals surface area contributed by atoms with E-state index in [1.165, 1.54) is 6.92 Å². The van der Waals surface area contributed by atoms with Crippen LogP contribution in [0.5, 0.6) is 0 Å². The lowest BCUT2D eigenvalue weighted by molar-refractivity contribution is -0.227. The van der Waals surface area contributed by atoms with Gasteiger partial charge in [0.15, 0.2) is 12.6 Å². The van der Waals surface area contributed by atoms with Crippen LogP contribution >= 0.6 is 0 Å². The Morgan fingerprint density at radius 3 is 2.30 bits per heavy atom. The molecule has 2 rings (SSSR count). The molecule has 54 heavy (non-hydrogen) atoms. The maximum Gasteiger partial charge on any atom is 0.332 e. The van der Waals surface area contributed by atoms with Gasteiger partial charge in [0.25, 0.3) is 0 Å². The monoisotopic (exact) mass is 766 g/mol. The molecule has 310 valence electrons. The average Bonchev–Trinajstić information content (AvgIpc) is 3.87. The van der Waals surface area contributed by atoms with Gasteiger partial charge in [0, 0.05) is 38.6 Å². The number of esters is 3. The Labute approximate surface area is 324 Å². The van der Waals surface area contributed by atoms with Crippen LogP contribution in [0.15, 0.2) is 36.0 Å². The molecular formula is C42H70O12. The highest BCUT2D eigenvalue weighted by atomic mass is 16.7. The maximum absolute atomic E-state index is 13.5. The molecule has 0 saturated carbocycles. The lowest BCUT2D eigenvalue weighted by Gasteiger charge is -2.38. The Bertz CT molecular complexity index is 1230. The molecular weight excluding hydrogens is 696 g/mol. The summed E-state index contributed by atoms with van der Waals surface area (Å²) in [6.07, 6.45) is 9.03. The van der Waals surface area contributed by atoms with E-state index in [1.54, 1.807) is 19.9 Å². The molecule has 0 spiro atoms. The molecule has 0 radical (unpaired) electrons. The average molecular weight is 767 g/mol. The lowest BCUT2D eigenvalue weighted by Crippen LogP contribution is -2.47. The predicted molar refractivity (Wildman–Crippen MR) is 205 cm³/mol. The molecule has 2 aliphatic rings. The molecule has 12 heteroatoms. The Morgan fingerprint density at radius 2 is 1.67 bits per heavy atom. The summed E-state index contributed by atoms with van der Waals surface area (Å²) >= 11 is 0. The summed E-state index contributed by atoms with van der Waals surface area (Å²) in [6, 6.07) is 0. The summed E-state index contributed by atoms with van der Waals surface area (Å²) in [5.74, 6) is -1.40. The van der Waals surface area contributed by atoms with E-state index in [9.17, 15) is 14.4 Å². The fourth-order valence-corrected chi connectivity index (χ4v) is 6.95. The lowest BCUT2D eigenvalue weighted by atomic mass is 9.88. The van der Waals surface area contributed by atoms with Crippen molar-refractivity contribution in [3.05, 3.63) is 36.0 Å². The van der Waals surface area contributed by atoms with Crippen LogP contribution < -0.4 is 0 Å². The van der Waals surface area contributed by atoms with Crippen LogP contribution in [0.25, 0.3) is 0 Å². The van der Waals surface area contributed by atoms with Gasteiger partial charge in [-0.15, -0.1) is 0 Å². The predicted octanol–water partition coefficient (Wildman–Crippen LogP) is 7.42. The van der Waals surface area contributed by atoms with E-state index in [4.69, 9.17) is 42.6 Å². The van der Waals surface area contributed by atoms with Crippen molar-refractivity contribution < 1.29 is 57.0 Å². The van der Waals surface area contributed by atoms with Crippen LogP contribution in [0.4, 0.5) is 0 Å². The fraction of sp³-hybridized carbons (Fsp3) is 0.786. The standard InChI is InChI=1S/C42H70O12/c1-13-35(50-32(10)47-15-3)30(8)41-36(52-41)24-27(5)18-17-19-28(6)40-29(7)20-21-37(49-31(9)43)42(12,54-33(11)48-16-4)23-22-34(25-38(44)53-40)51-39(45)26-46-14-2/h17-21,27,29-30,32-37,40-41H,13-16,22-26H2,1-12H3. The first-order valence-electron chi connectivity index (χ1n) is 20.0. The van der Waals surface area contributed by atoms with Gasteiger partial charge in [-0.25, -0.2) is 4.79 Å². The van der Waals surface area contributed by atoms with Crippen molar-refractivity contribution in [2.24, 2.45) is 17.8 Å². The SMILES string of the molecule is CCOCC(=O)OC1CCC(C)(OC(C)OCC)C(OC(C)=O)C=CC(C)C(C(C)=CC=CC(C)CC2OC2C(C)C(CC)OC(C)OCC)OC(=O)C1. The summed E-state index contributed by atoms with van der Waals surface area (Å²) in [5.41, 5.74) is -0.267. The quantitative estimate of drug-likeness (QED) is 0.0287. The molecule has 0 bridgehead atoms. The second kappa shape index (κ2) is 24.1. The number of hydrogen-bond donors (Lipinski definition) is 0. The van der Waals surface area contributed by atoms with Crippen LogP contribution in [0.3, 0.4) is 0 Å². The van der Waals surface area contributed by atoms with Crippen LogP contribution in [0, 0.1) is 17.8 Å². The van der Waals surface area contributed by atoms with E-state index in [2.05, 4.69) is 26.8 Å². The van der Waals surface area contributed by atoms with Gasteiger partial charge in [-0.05, 0) is 91.7 Å². The summed E-state index contributed by atoms with van der Waals surface area (Å²) in [4.78, 5) is 38.5. The second-order valence-electron chi connectivity index (χ2n) is 14.7. The van der Waals surface area contributed by atoms with Gasteiger partial charge in [0.2, 0.25) is 0 Å². The number of carbonyl (C=O) groups excluding carboxylic acids is 3. The van der Waals surface area contributed by atoms with E-state index in [-0.39, 0.29) is 68.2 Å². The summed E-state index contributed by atoms with van der Waals surface area (Å²) < 4.78 is 52.8. The van der Waals surface area contributed by atoms with Crippen molar-refractivity contribution in [3.8, 4) is 0 Å². The van der Waals surface area contributed by atoms with E-state index in [0.717, 1.165) is 18.4 Å². The molecule has 1 fully saturated rings. The van der Waals surface area contributed by atoms with E-state index < -0.39 is 48.1 Å². The van der Waals surface area contributed by atoms with Crippen molar-refractivity contribution in [3.63, 3.8) is 0 Å². The van der Waals surface area contributed by atoms with E-state index in [0.29, 0.717) is 19.8 Å². The van der Waals surface area contributed by atoms with Crippen molar-refractivity contribution >= 4 is 17.9 Å².